The second kappa shape index (κ2) is 7.09. The van der Waals surface area contributed by atoms with Gasteiger partial charge in [0.2, 0.25) is 0 Å². The van der Waals surface area contributed by atoms with Crippen LogP contribution in [0.3, 0.4) is 0 Å². The Kier molecular flexibility index (Phi) is 4.60. The number of carbonyl (C=O) groups excluding carboxylic acids is 1. The third-order valence-corrected chi connectivity index (χ3v) is 5.28. The number of carbonyl (C=O) groups is 1. The number of hydrogen-bond donors (Lipinski definition) is 1. The molecule has 1 heterocycles. The molecule has 0 aliphatic heterocycles. The van der Waals surface area contributed by atoms with Crippen LogP contribution < -0.4 is 5.32 Å². The highest BCUT2D eigenvalue weighted by molar-refractivity contribution is 7.21. The number of fused-ring (bicyclic) bond motifs is 1. The standard InChI is InChI=1S/C21H13F3N2OS/c1-11-2-9-16-17(10-11)28-21(26-16)12-3-5-13(6-4-12)25-20(27)14-7-8-15(22)19(24)18(14)23/h2-10H,1H3,(H,25,27). The number of anilines is 1. The quantitative estimate of drug-likeness (QED) is 0.434. The van der Waals surface area contributed by atoms with Crippen molar-refractivity contribution in [2.24, 2.45) is 0 Å². The van der Waals surface area contributed by atoms with Gasteiger partial charge in [0.15, 0.2) is 17.5 Å². The van der Waals surface area contributed by atoms with Crippen molar-refractivity contribution >= 4 is 33.1 Å². The zero-order valence-corrected chi connectivity index (χ0v) is 15.4. The smallest absolute Gasteiger partial charge is 0.258 e. The molecular formula is C21H13F3N2OS. The highest BCUT2D eigenvalue weighted by atomic mass is 32.1. The maximum atomic E-state index is 13.7. The summed E-state index contributed by atoms with van der Waals surface area (Å²) in [6.45, 7) is 2.02. The van der Waals surface area contributed by atoms with E-state index in [1.54, 1.807) is 35.6 Å². The van der Waals surface area contributed by atoms with Crippen molar-refractivity contribution in [2.75, 3.05) is 5.32 Å². The van der Waals surface area contributed by atoms with Crippen LogP contribution in [0.5, 0.6) is 0 Å². The van der Waals surface area contributed by atoms with Gasteiger partial charge >= 0.3 is 0 Å². The van der Waals surface area contributed by atoms with Gasteiger partial charge in [-0.05, 0) is 61.0 Å². The van der Waals surface area contributed by atoms with E-state index in [9.17, 15) is 18.0 Å². The predicted octanol–water partition coefficient (Wildman–Crippen LogP) is 5.94. The zero-order chi connectivity index (χ0) is 19.8. The number of nitrogens with zero attached hydrogens (tertiary/aromatic N) is 1. The summed E-state index contributed by atoms with van der Waals surface area (Å²) < 4.78 is 41.1. The third-order valence-electron chi connectivity index (χ3n) is 4.21. The first kappa shape index (κ1) is 18.2. The van der Waals surface area contributed by atoms with Crippen molar-refractivity contribution in [3.8, 4) is 10.6 Å². The van der Waals surface area contributed by atoms with Crippen LogP contribution in [0.2, 0.25) is 0 Å². The molecule has 3 aromatic carbocycles. The van der Waals surface area contributed by atoms with Crippen molar-refractivity contribution in [3.63, 3.8) is 0 Å². The molecule has 1 N–H and O–H groups in total. The van der Waals surface area contributed by atoms with E-state index >= 15 is 0 Å². The van der Waals surface area contributed by atoms with Crippen LogP contribution in [-0.2, 0) is 0 Å². The highest BCUT2D eigenvalue weighted by Gasteiger charge is 2.19. The molecule has 0 bridgehead atoms. The minimum Gasteiger partial charge on any atom is -0.322 e. The van der Waals surface area contributed by atoms with Gasteiger partial charge in [0, 0.05) is 11.3 Å². The first-order valence-corrected chi connectivity index (χ1v) is 9.16. The van der Waals surface area contributed by atoms with Crippen molar-refractivity contribution in [2.45, 2.75) is 6.92 Å². The Morgan fingerprint density at radius 3 is 2.46 bits per heavy atom. The minimum absolute atomic E-state index is 0.398. The van der Waals surface area contributed by atoms with Gasteiger partial charge < -0.3 is 5.32 Å². The van der Waals surface area contributed by atoms with Crippen LogP contribution in [0, 0.1) is 24.4 Å². The van der Waals surface area contributed by atoms with E-state index in [1.807, 2.05) is 19.1 Å². The summed E-state index contributed by atoms with van der Waals surface area (Å²) in [5.41, 5.74) is 2.78. The maximum absolute atomic E-state index is 13.7. The summed E-state index contributed by atoms with van der Waals surface area (Å²) in [7, 11) is 0. The average Bonchev–Trinajstić information content (AvgIpc) is 3.10. The fourth-order valence-electron chi connectivity index (χ4n) is 2.75. The summed E-state index contributed by atoms with van der Waals surface area (Å²) in [6.07, 6.45) is 0. The van der Waals surface area contributed by atoms with Gasteiger partial charge in [-0.2, -0.15) is 0 Å². The van der Waals surface area contributed by atoms with E-state index in [0.29, 0.717) is 11.8 Å². The summed E-state index contributed by atoms with van der Waals surface area (Å²) in [5.74, 6) is -5.39. The average molecular weight is 398 g/mol. The van der Waals surface area contributed by atoms with Crippen LogP contribution in [0.1, 0.15) is 15.9 Å². The van der Waals surface area contributed by atoms with Crippen LogP contribution in [0.4, 0.5) is 18.9 Å². The minimum atomic E-state index is -1.67. The monoisotopic (exact) mass is 398 g/mol. The molecule has 140 valence electrons. The number of rotatable bonds is 3. The predicted molar refractivity (Wildman–Crippen MR) is 104 cm³/mol. The molecule has 0 spiro atoms. The van der Waals surface area contributed by atoms with E-state index < -0.39 is 28.9 Å². The normalized spacial score (nSPS) is 11.0. The number of aryl methyl sites for hydroxylation is 1. The lowest BCUT2D eigenvalue weighted by Crippen LogP contribution is -2.15. The molecule has 4 rings (SSSR count). The van der Waals surface area contributed by atoms with E-state index in [2.05, 4.69) is 16.4 Å². The molecule has 0 saturated carbocycles. The number of thiazole rings is 1. The molecule has 0 aliphatic carbocycles. The van der Waals surface area contributed by atoms with Crippen LogP contribution in [0.15, 0.2) is 54.6 Å². The SMILES string of the molecule is Cc1ccc2nc(-c3ccc(NC(=O)c4ccc(F)c(F)c4F)cc3)sc2c1. The lowest BCUT2D eigenvalue weighted by Gasteiger charge is -2.07. The summed E-state index contributed by atoms with van der Waals surface area (Å²) in [4.78, 5) is 16.7. The molecule has 0 unspecified atom stereocenters. The Morgan fingerprint density at radius 2 is 1.71 bits per heavy atom. The molecule has 4 aromatic rings. The Labute approximate surface area is 162 Å². The number of nitrogens with one attached hydrogen (secondary N) is 1. The van der Waals surface area contributed by atoms with Gasteiger partial charge in [-0.1, -0.05) is 6.07 Å². The molecule has 0 radical (unpaired) electrons. The Bertz CT molecular complexity index is 1200. The molecular weight excluding hydrogens is 385 g/mol. The first-order chi connectivity index (χ1) is 13.4. The van der Waals surface area contributed by atoms with Crippen LogP contribution in [-0.4, -0.2) is 10.9 Å². The van der Waals surface area contributed by atoms with Gasteiger partial charge in [-0.15, -0.1) is 11.3 Å². The Balaban J connectivity index is 1.56. The van der Waals surface area contributed by atoms with Crippen LogP contribution >= 0.6 is 11.3 Å². The van der Waals surface area contributed by atoms with Crippen molar-refractivity contribution in [3.05, 3.63) is 83.2 Å². The second-order valence-electron chi connectivity index (χ2n) is 6.24. The number of hydrogen-bond acceptors (Lipinski definition) is 3. The molecule has 0 fully saturated rings. The maximum Gasteiger partial charge on any atom is 0.258 e. The van der Waals surface area contributed by atoms with Crippen molar-refractivity contribution in [1.82, 2.24) is 4.98 Å². The third kappa shape index (κ3) is 3.36. The fraction of sp³-hybridized carbons (Fsp3) is 0.0476. The summed E-state index contributed by atoms with van der Waals surface area (Å²) >= 11 is 1.56. The Hall–Kier alpha value is -3.19. The number of aromatic nitrogens is 1. The molecule has 0 saturated heterocycles. The van der Waals surface area contributed by atoms with Crippen molar-refractivity contribution in [1.29, 1.82) is 0 Å². The number of benzene rings is 3. The van der Waals surface area contributed by atoms with E-state index in [0.717, 1.165) is 32.4 Å². The zero-order valence-electron chi connectivity index (χ0n) is 14.6. The topological polar surface area (TPSA) is 42.0 Å². The first-order valence-electron chi connectivity index (χ1n) is 8.35. The molecule has 0 aliphatic rings. The molecule has 7 heteroatoms. The van der Waals surface area contributed by atoms with E-state index in [-0.39, 0.29) is 0 Å². The van der Waals surface area contributed by atoms with Gasteiger partial charge in [0.05, 0.1) is 15.8 Å². The Morgan fingerprint density at radius 1 is 0.964 bits per heavy atom. The van der Waals surface area contributed by atoms with Gasteiger partial charge in [-0.3, -0.25) is 4.79 Å². The summed E-state index contributed by atoms with van der Waals surface area (Å²) in [5, 5.41) is 3.31. The van der Waals surface area contributed by atoms with Gasteiger partial charge in [0.25, 0.3) is 5.91 Å². The molecule has 0 atom stereocenters. The molecule has 1 aromatic heterocycles. The summed E-state index contributed by atoms with van der Waals surface area (Å²) in [6, 6.07) is 14.5. The lowest BCUT2D eigenvalue weighted by molar-refractivity contribution is 0.102. The van der Waals surface area contributed by atoms with Crippen molar-refractivity contribution < 1.29 is 18.0 Å². The van der Waals surface area contributed by atoms with Crippen LogP contribution in [0.25, 0.3) is 20.8 Å². The largest absolute Gasteiger partial charge is 0.322 e. The second-order valence-corrected chi connectivity index (χ2v) is 7.28. The molecule has 28 heavy (non-hydrogen) atoms. The number of amides is 1. The number of halogens is 3. The fourth-order valence-corrected chi connectivity index (χ4v) is 3.82. The lowest BCUT2D eigenvalue weighted by atomic mass is 10.1. The van der Waals surface area contributed by atoms with Gasteiger partial charge in [-0.25, -0.2) is 18.2 Å². The highest BCUT2D eigenvalue weighted by Crippen LogP contribution is 2.31. The molecule has 3 nitrogen and oxygen atoms in total. The molecule has 1 amide bonds. The van der Waals surface area contributed by atoms with Gasteiger partial charge in [0.1, 0.15) is 5.01 Å². The van der Waals surface area contributed by atoms with E-state index in [4.69, 9.17) is 0 Å². The van der Waals surface area contributed by atoms with E-state index in [1.165, 1.54) is 0 Å².